The molecule has 0 aromatic heterocycles. The van der Waals surface area contributed by atoms with Crippen molar-refractivity contribution in [3.63, 3.8) is 0 Å². The van der Waals surface area contributed by atoms with Crippen LogP contribution in [-0.2, 0) is 19.1 Å². The third-order valence-electron chi connectivity index (χ3n) is 13.9. The Morgan fingerprint density at radius 3 is 1.44 bits per heavy atom. The van der Waals surface area contributed by atoms with Crippen LogP contribution in [0.5, 0.6) is 0 Å². The fraction of sp³-hybridized carbons (Fsp3) is 0.786. The second kappa shape index (κ2) is 25.9. The molecule has 0 amide bonds. The molecule has 4 aliphatic carbocycles. The summed E-state index contributed by atoms with van der Waals surface area (Å²) < 4.78 is 10.2. The van der Waals surface area contributed by atoms with Crippen molar-refractivity contribution in [2.75, 3.05) is 13.2 Å². The molecule has 0 aromatic carbocycles. The highest BCUT2D eigenvalue weighted by molar-refractivity contribution is 5.34. The standard InChI is InChI=1S/4C14H23NO/c1-5-6-12-7-13(2,3)9-14(4,8-12)10-16-11-15;1-5-6-12-7-13(2,3)9-14(4,8-12)10-15-11-16;1-5-6-7-14(4)9-12(16-11-15)8-13(2,3)10-14;1-5-6-7-14(4)9-12(15-11-16)8-13(2,3)10-14/h4*5-6,12H,7-10H2,1-4H3. The fourth-order valence-electron chi connectivity index (χ4n) is 13.5. The highest BCUT2D eigenvalue weighted by atomic mass is 16.5. The summed E-state index contributed by atoms with van der Waals surface area (Å²) in [5.41, 5.74) is 2.08. The summed E-state index contributed by atoms with van der Waals surface area (Å²) >= 11 is 0. The Balaban J connectivity index is 0.000000427. The van der Waals surface area contributed by atoms with Crippen LogP contribution in [0, 0.1) is 78.2 Å². The molecule has 4 aliphatic rings. The maximum atomic E-state index is 10.4. The van der Waals surface area contributed by atoms with Gasteiger partial charge in [-0.1, -0.05) is 132 Å². The average Bonchev–Trinajstić information content (AvgIpc) is 3.13. The number of ether oxygens (including phenoxy) is 2. The summed E-state index contributed by atoms with van der Waals surface area (Å²) in [7, 11) is 0. The minimum absolute atomic E-state index is 0.101. The Bertz CT molecular complexity index is 1730. The number of allylic oxidation sites excluding steroid dienone is 8. The lowest BCUT2D eigenvalue weighted by Gasteiger charge is -2.45. The third kappa shape index (κ3) is 22.5. The van der Waals surface area contributed by atoms with E-state index in [9.17, 15) is 9.59 Å². The van der Waals surface area contributed by atoms with E-state index < -0.39 is 0 Å². The first kappa shape index (κ1) is 58.3. The smallest absolute Gasteiger partial charge is 0.286 e. The first-order valence-corrected chi connectivity index (χ1v) is 24.3. The number of rotatable bonds is 12. The van der Waals surface area contributed by atoms with Crippen LogP contribution < -0.4 is 0 Å². The highest BCUT2D eigenvalue weighted by Gasteiger charge is 2.44. The molecule has 360 valence electrons. The Kier molecular flexibility index (Phi) is 23.6. The van der Waals surface area contributed by atoms with Gasteiger partial charge in [-0.15, -0.1) is 0 Å². The molecule has 8 nitrogen and oxygen atoms in total. The molecular formula is C56H92N4O4. The number of nitriles is 2. The van der Waals surface area contributed by atoms with Crippen LogP contribution in [0.25, 0.3) is 0 Å². The number of nitrogens with zero attached hydrogens (tertiary/aromatic N) is 4. The summed E-state index contributed by atoms with van der Waals surface area (Å²) in [6.07, 6.45) is 40.2. The fourth-order valence-corrected chi connectivity index (χ4v) is 13.5. The van der Waals surface area contributed by atoms with Gasteiger partial charge in [0, 0.05) is 5.41 Å². The number of hydrogen-bond donors (Lipinski definition) is 0. The van der Waals surface area contributed by atoms with Gasteiger partial charge < -0.3 is 9.47 Å². The van der Waals surface area contributed by atoms with Crippen LogP contribution in [0.4, 0.5) is 0 Å². The van der Waals surface area contributed by atoms with Crippen molar-refractivity contribution in [1.29, 1.82) is 10.5 Å². The summed E-state index contributed by atoms with van der Waals surface area (Å²) in [6, 6.07) is 0.163. The topological polar surface area (TPSA) is 125 Å². The molecule has 8 heteroatoms. The third-order valence-corrected chi connectivity index (χ3v) is 13.9. The van der Waals surface area contributed by atoms with E-state index in [4.69, 9.17) is 20.0 Å². The van der Waals surface area contributed by atoms with Gasteiger partial charge >= 0.3 is 0 Å². The summed E-state index contributed by atoms with van der Waals surface area (Å²) in [4.78, 5) is 28.4. The Labute approximate surface area is 392 Å². The second-order valence-corrected chi connectivity index (χ2v) is 24.9. The molecule has 0 heterocycles. The molecule has 64 heavy (non-hydrogen) atoms. The molecule has 8 atom stereocenters. The van der Waals surface area contributed by atoms with E-state index in [1.54, 1.807) is 18.4 Å². The summed E-state index contributed by atoms with van der Waals surface area (Å²) in [6.45, 7) is 36.9. The first-order chi connectivity index (χ1) is 29.6. The lowest BCUT2D eigenvalue weighted by molar-refractivity contribution is -0.00978. The van der Waals surface area contributed by atoms with Gasteiger partial charge in [0.15, 0.2) is 0 Å². The van der Waals surface area contributed by atoms with E-state index in [0.717, 1.165) is 64.2 Å². The van der Waals surface area contributed by atoms with E-state index in [1.165, 1.54) is 25.7 Å². The zero-order chi connectivity index (χ0) is 48.9. The average molecular weight is 885 g/mol. The van der Waals surface area contributed by atoms with E-state index in [1.807, 2.05) is 6.26 Å². The Morgan fingerprint density at radius 1 is 0.531 bits per heavy atom. The molecule has 8 unspecified atom stereocenters. The monoisotopic (exact) mass is 885 g/mol. The van der Waals surface area contributed by atoms with Gasteiger partial charge in [0.2, 0.25) is 12.2 Å². The van der Waals surface area contributed by atoms with Crippen molar-refractivity contribution in [2.45, 2.75) is 213 Å². The number of hydrogen-bond acceptors (Lipinski definition) is 8. The van der Waals surface area contributed by atoms with Gasteiger partial charge in [0.1, 0.15) is 12.7 Å². The largest absolute Gasteiger partial charge is 0.427 e. The minimum Gasteiger partial charge on any atom is -0.427 e. The zero-order valence-electron chi connectivity index (χ0n) is 43.7. The van der Waals surface area contributed by atoms with E-state index in [2.05, 4.69) is 169 Å². The van der Waals surface area contributed by atoms with Crippen molar-refractivity contribution >= 4 is 12.2 Å². The quantitative estimate of drug-likeness (QED) is 0.0832. The van der Waals surface area contributed by atoms with Crippen molar-refractivity contribution in [2.24, 2.45) is 65.1 Å². The molecule has 0 bridgehead atoms. The molecule has 0 aliphatic heterocycles. The molecule has 4 saturated carbocycles. The van der Waals surface area contributed by atoms with Crippen molar-refractivity contribution < 1.29 is 19.1 Å². The second-order valence-electron chi connectivity index (χ2n) is 24.9. The molecule has 0 spiro atoms. The van der Waals surface area contributed by atoms with Crippen LogP contribution in [0.15, 0.2) is 58.6 Å². The van der Waals surface area contributed by atoms with Crippen LogP contribution in [0.2, 0.25) is 0 Å². The van der Waals surface area contributed by atoms with E-state index in [0.29, 0.717) is 35.8 Å². The van der Waals surface area contributed by atoms with Crippen LogP contribution in [0.3, 0.4) is 0 Å². The maximum Gasteiger partial charge on any atom is 0.286 e. The van der Waals surface area contributed by atoms with Crippen molar-refractivity contribution in [3.05, 3.63) is 48.6 Å². The van der Waals surface area contributed by atoms with Crippen LogP contribution in [0.1, 0.15) is 201 Å². The van der Waals surface area contributed by atoms with Gasteiger partial charge in [-0.25, -0.2) is 19.6 Å². The van der Waals surface area contributed by atoms with Crippen LogP contribution >= 0.6 is 0 Å². The summed E-state index contributed by atoms with van der Waals surface area (Å²) in [5.74, 6) is 1.25. The number of isocyanates is 2. The number of aliphatic imine (C=N–C) groups is 2. The lowest BCUT2D eigenvalue weighted by atomic mass is 9.60. The van der Waals surface area contributed by atoms with Crippen molar-refractivity contribution in [1.82, 2.24) is 0 Å². The van der Waals surface area contributed by atoms with E-state index in [-0.39, 0.29) is 44.6 Å². The van der Waals surface area contributed by atoms with Gasteiger partial charge in [0.05, 0.1) is 12.6 Å². The maximum absolute atomic E-state index is 10.4. The lowest BCUT2D eigenvalue weighted by Crippen LogP contribution is -2.38. The predicted octanol–water partition coefficient (Wildman–Crippen LogP) is 15.5. The molecule has 4 rings (SSSR count). The van der Waals surface area contributed by atoms with Gasteiger partial charge in [-0.05, 0) is 167 Å². The summed E-state index contributed by atoms with van der Waals surface area (Å²) in [5, 5.41) is 17.2. The zero-order valence-corrected chi connectivity index (χ0v) is 43.7. The molecule has 0 radical (unpaired) electrons. The Morgan fingerprint density at radius 2 is 0.984 bits per heavy atom. The first-order valence-electron chi connectivity index (χ1n) is 24.3. The van der Waals surface area contributed by atoms with Crippen molar-refractivity contribution in [3.8, 4) is 12.5 Å². The normalized spacial score (nSPS) is 33.6. The SMILES string of the molecule is CC=CC1CC(C)(C)CC(C)(CN=C=O)C1.CC=CC1CC(C)(C)CC(C)(COC#N)C1.CC=CCC1(C)CC(N=C=O)CC(C)(C)C1.CC=CCC1(C)CC(OC#N)CC(C)(C)C1. The minimum atomic E-state index is 0.101. The Hall–Kier alpha value is -3.70. The van der Waals surface area contributed by atoms with Gasteiger partial charge in [-0.3, -0.25) is 0 Å². The number of carbonyl (C=O) groups excluding carboxylic acids is 2. The molecule has 0 saturated heterocycles. The van der Waals surface area contributed by atoms with E-state index >= 15 is 0 Å². The van der Waals surface area contributed by atoms with Gasteiger partial charge in [0.25, 0.3) is 12.5 Å². The highest BCUT2D eigenvalue weighted by Crippen LogP contribution is 2.52. The molecular weight excluding hydrogens is 793 g/mol. The molecule has 0 N–H and O–H groups in total. The van der Waals surface area contributed by atoms with Gasteiger partial charge in [-0.2, -0.15) is 10.5 Å². The molecule has 4 fully saturated rings. The molecule has 0 aromatic rings. The predicted molar refractivity (Wildman–Crippen MR) is 265 cm³/mol. The van der Waals surface area contributed by atoms with Crippen LogP contribution in [-0.4, -0.2) is 37.5 Å².